The van der Waals surface area contributed by atoms with Gasteiger partial charge in [0.05, 0.1) is 18.2 Å². The molecule has 6 rings (SSSR count). The number of carbonyl (C=O) groups excluding carboxylic acids is 1. The summed E-state index contributed by atoms with van der Waals surface area (Å²) in [5, 5.41) is 3.43. The van der Waals surface area contributed by atoms with E-state index in [4.69, 9.17) is 9.72 Å². The van der Waals surface area contributed by atoms with Gasteiger partial charge in [0.1, 0.15) is 16.5 Å². The van der Waals surface area contributed by atoms with Crippen LogP contribution in [0.25, 0.3) is 0 Å². The molecule has 1 aromatic heterocycles. The van der Waals surface area contributed by atoms with Crippen molar-refractivity contribution < 1.29 is 9.53 Å². The highest BCUT2D eigenvalue weighted by Crippen LogP contribution is 2.44. The van der Waals surface area contributed by atoms with Crippen LogP contribution in [-0.4, -0.2) is 46.9 Å². The highest BCUT2D eigenvalue weighted by atomic mass is 32.1. The molecule has 3 heterocycles. The molecule has 0 unspecified atom stereocenters. The average Bonchev–Trinajstić information content (AvgIpc) is 3.56. The fourth-order valence-electron chi connectivity index (χ4n) is 4.64. The first kappa shape index (κ1) is 19.0. The van der Waals surface area contributed by atoms with E-state index in [1.165, 1.54) is 23.5 Å². The molecule has 2 fully saturated rings. The van der Waals surface area contributed by atoms with Gasteiger partial charge >= 0.3 is 0 Å². The number of hydrogen-bond donors (Lipinski definition) is 0. The van der Waals surface area contributed by atoms with Crippen molar-refractivity contribution in [2.75, 3.05) is 26.2 Å². The van der Waals surface area contributed by atoms with Gasteiger partial charge in [-0.3, -0.25) is 9.69 Å². The van der Waals surface area contributed by atoms with Gasteiger partial charge in [0.15, 0.2) is 0 Å². The zero-order chi connectivity index (χ0) is 20.8. The first-order chi connectivity index (χ1) is 15.3. The van der Waals surface area contributed by atoms with Crippen LogP contribution in [-0.2, 0) is 11.3 Å². The summed E-state index contributed by atoms with van der Waals surface area (Å²) in [6.45, 7) is 4.16. The van der Waals surface area contributed by atoms with E-state index in [1.54, 1.807) is 11.3 Å². The predicted molar refractivity (Wildman–Crippen MR) is 121 cm³/mol. The number of thiazole rings is 1. The second kappa shape index (κ2) is 7.77. The van der Waals surface area contributed by atoms with E-state index >= 15 is 0 Å². The molecule has 0 bridgehead atoms. The predicted octanol–water partition coefficient (Wildman–Crippen LogP) is 4.60. The number of rotatable bonds is 4. The Kier molecular flexibility index (Phi) is 4.77. The van der Waals surface area contributed by atoms with E-state index in [0.29, 0.717) is 5.92 Å². The van der Waals surface area contributed by atoms with Crippen LogP contribution < -0.4 is 4.74 Å². The van der Waals surface area contributed by atoms with Crippen molar-refractivity contribution in [3.05, 3.63) is 75.7 Å². The highest BCUT2D eigenvalue weighted by Gasteiger charge is 2.36. The molecule has 0 N–H and O–H groups in total. The molecule has 158 valence electrons. The van der Waals surface area contributed by atoms with Crippen LogP contribution in [0, 0.1) is 0 Å². The molecule has 31 heavy (non-hydrogen) atoms. The van der Waals surface area contributed by atoms with Crippen molar-refractivity contribution >= 4 is 17.2 Å². The summed E-state index contributed by atoms with van der Waals surface area (Å²) in [4.78, 5) is 22.9. The van der Waals surface area contributed by atoms with Gasteiger partial charge in [-0.2, -0.15) is 0 Å². The third-order valence-electron chi connectivity index (χ3n) is 6.53. The van der Waals surface area contributed by atoms with Gasteiger partial charge in [0.25, 0.3) is 0 Å². The first-order valence-electron chi connectivity index (χ1n) is 11.1. The van der Waals surface area contributed by atoms with Gasteiger partial charge in [-0.25, -0.2) is 4.98 Å². The molecule has 6 heteroatoms. The number of hydrogen-bond acceptors (Lipinski definition) is 5. The van der Waals surface area contributed by atoms with Crippen molar-refractivity contribution in [3.63, 3.8) is 0 Å². The van der Waals surface area contributed by atoms with Crippen molar-refractivity contribution in [1.82, 2.24) is 14.8 Å². The zero-order valence-corrected chi connectivity index (χ0v) is 18.2. The second-order valence-electron chi connectivity index (χ2n) is 8.65. The molecule has 1 saturated carbocycles. The summed E-state index contributed by atoms with van der Waals surface area (Å²) in [5.41, 5.74) is 3.21. The van der Waals surface area contributed by atoms with Crippen LogP contribution in [0.1, 0.15) is 46.5 Å². The van der Waals surface area contributed by atoms with Gasteiger partial charge < -0.3 is 9.64 Å². The largest absolute Gasteiger partial charge is 0.457 e. The number of nitrogens with zero attached hydrogens (tertiary/aromatic N) is 3. The minimum Gasteiger partial charge on any atom is -0.457 e. The number of carbonyl (C=O) groups is 1. The first-order valence-corrected chi connectivity index (χ1v) is 12.0. The van der Waals surface area contributed by atoms with Crippen LogP contribution in [0.2, 0.25) is 0 Å². The summed E-state index contributed by atoms with van der Waals surface area (Å²) < 4.78 is 6.07. The number of fused-ring (bicyclic) bond motifs is 2. The summed E-state index contributed by atoms with van der Waals surface area (Å²) in [6.07, 6.45) is 2.59. The minimum atomic E-state index is -0.298. The summed E-state index contributed by atoms with van der Waals surface area (Å²) in [5.74, 6) is 2.16. The van der Waals surface area contributed by atoms with Crippen molar-refractivity contribution in [2.24, 2.45) is 0 Å². The lowest BCUT2D eigenvalue weighted by atomic mass is 9.86. The number of piperazine rings is 1. The molecule has 5 nitrogen and oxygen atoms in total. The van der Waals surface area contributed by atoms with Crippen LogP contribution >= 0.6 is 11.3 Å². The Morgan fingerprint density at radius 1 is 0.968 bits per heavy atom. The molecule has 1 aliphatic carbocycles. The van der Waals surface area contributed by atoms with E-state index in [-0.39, 0.29) is 11.8 Å². The average molecular weight is 432 g/mol. The Morgan fingerprint density at radius 3 is 2.26 bits per heavy atom. The maximum atomic E-state index is 13.7. The van der Waals surface area contributed by atoms with E-state index < -0.39 is 0 Å². The van der Waals surface area contributed by atoms with Crippen LogP contribution in [0.15, 0.2) is 53.9 Å². The highest BCUT2D eigenvalue weighted by molar-refractivity contribution is 7.09. The van der Waals surface area contributed by atoms with Gasteiger partial charge in [-0.05, 0) is 25.0 Å². The molecule has 3 aromatic rings. The number of benzene rings is 2. The van der Waals surface area contributed by atoms with E-state index in [2.05, 4.69) is 10.3 Å². The van der Waals surface area contributed by atoms with Gasteiger partial charge in [-0.1, -0.05) is 36.4 Å². The molecular weight excluding hydrogens is 406 g/mol. The standard InChI is InChI=1S/C25H25N3O2S/c29-25(24-18-5-1-3-7-21(18)30-22-8-4-2-6-19(22)24)28-13-11-27(12-14-28)15-23-26-20(16-31-23)17-9-10-17/h1-8,16-17,24H,9-15H2. The number of para-hydroxylation sites is 2. The third-order valence-corrected chi connectivity index (χ3v) is 7.39. The van der Waals surface area contributed by atoms with Gasteiger partial charge in [0, 0.05) is 48.6 Å². The van der Waals surface area contributed by atoms with Crippen LogP contribution in [0.4, 0.5) is 0 Å². The molecule has 0 spiro atoms. The smallest absolute Gasteiger partial charge is 0.234 e. The Hall–Kier alpha value is -2.70. The lowest BCUT2D eigenvalue weighted by Gasteiger charge is -2.37. The maximum Gasteiger partial charge on any atom is 0.234 e. The summed E-state index contributed by atoms with van der Waals surface area (Å²) in [7, 11) is 0. The SMILES string of the molecule is O=C(C1c2ccccc2Oc2ccccc21)N1CCN(Cc2nc(C3CC3)cs2)CC1. The monoisotopic (exact) mass is 431 g/mol. The second-order valence-corrected chi connectivity index (χ2v) is 9.60. The fourth-order valence-corrected chi connectivity index (χ4v) is 5.56. The minimum absolute atomic E-state index is 0.174. The van der Waals surface area contributed by atoms with Crippen molar-refractivity contribution in [3.8, 4) is 11.5 Å². The molecule has 3 aliphatic rings. The Balaban J connectivity index is 1.16. The molecule has 0 atom stereocenters. The van der Waals surface area contributed by atoms with Crippen molar-refractivity contribution in [1.29, 1.82) is 0 Å². The van der Waals surface area contributed by atoms with E-state index in [1.807, 2.05) is 53.4 Å². The lowest BCUT2D eigenvalue weighted by molar-refractivity contribution is -0.133. The van der Waals surface area contributed by atoms with E-state index in [9.17, 15) is 4.79 Å². The quantitative estimate of drug-likeness (QED) is 0.606. The summed E-state index contributed by atoms with van der Waals surface area (Å²) >= 11 is 1.78. The molecular formula is C25H25N3O2S. The molecule has 1 amide bonds. The van der Waals surface area contributed by atoms with Gasteiger partial charge in [-0.15, -0.1) is 11.3 Å². The third kappa shape index (κ3) is 3.64. The van der Waals surface area contributed by atoms with Crippen LogP contribution in [0.3, 0.4) is 0 Å². The normalized spacial score (nSPS) is 18.9. The zero-order valence-electron chi connectivity index (χ0n) is 17.4. The van der Waals surface area contributed by atoms with Crippen LogP contribution in [0.5, 0.6) is 11.5 Å². The van der Waals surface area contributed by atoms with Gasteiger partial charge in [0.2, 0.25) is 5.91 Å². The molecule has 1 saturated heterocycles. The number of amides is 1. The molecule has 2 aromatic carbocycles. The number of aromatic nitrogens is 1. The lowest BCUT2D eigenvalue weighted by Crippen LogP contribution is -2.49. The Labute approximate surface area is 186 Å². The summed E-state index contributed by atoms with van der Waals surface area (Å²) in [6, 6.07) is 15.8. The molecule has 2 aliphatic heterocycles. The van der Waals surface area contributed by atoms with Crippen molar-refractivity contribution in [2.45, 2.75) is 31.2 Å². The van der Waals surface area contributed by atoms with E-state index in [0.717, 1.165) is 55.3 Å². The fraction of sp³-hybridized carbons (Fsp3) is 0.360. The Morgan fingerprint density at radius 2 is 1.61 bits per heavy atom. The molecule has 0 radical (unpaired) electrons. The number of ether oxygens (including phenoxy) is 1. The Bertz CT molecular complexity index is 1070. The topological polar surface area (TPSA) is 45.7 Å². The maximum absolute atomic E-state index is 13.7.